The molecule has 0 aliphatic carbocycles. The molecule has 0 saturated heterocycles. The summed E-state index contributed by atoms with van der Waals surface area (Å²) in [5.74, 6) is 1.58. The summed E-state index contributed by atoms with van der Waals surface area (Å²) in [6, 6.07) is 0. The van der Waals surface area contributed by atoms with Crippen LogP contribution in [0.3, 0.4) is 0 Å². The van der Waals surface area contributed by atoms with Gasteiger partial charge in [-0.2, -0.15) is 10.2 Å². The van der Waals surface area contributed by atoms with Crippen molar-refractivity contribution >= 4 is 0 Å². The average Bonchev–Trinajstić information content (AvgIpc) is 2.94. The molecule has 0 amide bonds. The standard InChI is InChI=1S/C13H22N6/c1-11(2)8-19-13(15-10-17-19)7-14-5-4-12-6-16-18(3)9-12/h6,9-11,14H,4-5,7-8H2,1-3H3. The Morgan fingerprint density at radius 3 is 2.84 bits per heavy atom. The van der Waals surface area contributed by atoms with E-state index in [2.05, 4.69) is 34.3 Å². The molecule has 2 heterocycles. The van der Waals surface area contributed by atoms with Gasteiger partial charge in [0.2, 0.25) is 0 Å². The van der Waals surface area contributed by atoms with Crippen LogP contribution < -0.4 is 5.32 Å². The van der Waals surface area contributed by atoms with E-state index < -0.39 is 0 Å². The van der Waals surface area contributed by atoms with Gasteiger partial charge >= 0.3 is 0 Å². The third-order valence-corrected chi connectivity index (χ3v) is 2.87. The lowest BCUT2D eigenvalue weighted by molar-refractivity contribution is 0.458. The third kappa shape index (κ3) is 4.17. The normalized spacial score (nSPS) is 11.4. The summed E-state index contributed by atoms with van der Waals surface area (Å²) >= 11 is 0. The van der Waals surface area contributed by atoms with E-state index in [-0.39, 0.29) is 0 Å². The van der Waals surface area contributed by atoms with Crippen LogP contribution in [0.5, 0.6) is 0 Å². The summed E-state index contributed by atoms with van der Waals surface area (Å²) in [5.41, 5.74) is 1.25. The van der Waals surface area contributed by atoms with Crippen LogP contribution in [-0.4, -0.2) is 31.1 Å². The Hall–Kier alpha value is -1.69. The molecule has 0 bridgehead atoms. The van der Waals surface area contributed by atoms with Gasteiger partial charge in [0.05, 0.1) is 12.7 Å². The Kier molecular flexibility index (Phi) is 4.68. The molecule has 0 fully saturated rings. The highest BCUT2D eigenvalue weighted by Gasteiger charge is 2.05. The lowest BCUT2D eigenvalue weighted by atomic mass is 10.2. The van der Waals surface area contributed by atoms with Gasteiger partial charge in [0.25, 0.3) is 0 Å². The molecule has 104 valence electrons. The number of hydrogen-bond donors (Lipinski definition) is 1. The number of hydrogen-bond acceptors (Lipinski definition) is 4. The van der Waals surface area contributed by atoms with Crippen molar-refractivity contribution in [1.29, 1.82) is 0 Å². The van der Waals surface area contributed by atoms with Crippen LogP contribution in [0.25, 0.3) is 0 Å². The second-order valence-corrected chi connectivity index (χ2v) is 5.20. The molecule has 2 aromatic rings. The molecule has 0 spiro atoms. The highest BCUT2D eigenvalue weighted by atomic mass is 15.3. The summed E-state index contributed by atoms with van der Waals surface area (Å²) in [6.07, 6.45) is 6.55. The number of nitrogens with one attached hydrogen (secondary N) is 1. The van der Waals surface area contributed by atoms with E-state index in [1.54, 1.807) is 6.33 Å². The fraction of sp³-hybridized carbons (Fsp3) is 0.615. The van der Waals surface area contributed by atoms with Crippen molar-refractivity contribution in [3.8, 4) is 0 Å². The first-order valence-electron chi connectivity index (χ1n) is 6.70. The quantitative estimate of drug-likeness (QED) is 0.756. The molecule has 0 aliphatic rings. The van der Waals surface area contributed by atoms with Crippen LogP contribution in [0.15, 0.2) is 18.7 Å². The number of rotatable bonds is 7. The molecule has 0 saturated carbocycles. The van der Waals surface area contributed by atoms with Gasteiger partial charge in [-0.3, -0.25) is 4.68 Å². The van der Waals surface area contributed by atoms with E-state index in [0.29, 0.717) is 5.92 Å². The Morgan fingerprint density at radius 1 is 1.32 bits per heavy atom. The third-order valence-electron chi connectivity index (χ3n) is 2.87. The topological polar surface area (TPSA) is 60.6 Å². The average molecular weight is 262 g/mol. The summed E-state index contributed by atoms with van der Waals surface area (Å²) in [4.78, 5) is 4.29. The van der Waals surface area contributed by atoms with E-state index in [1.807, 2.05) is 28.8 Å². The van der Waals surface area contributed by atoms with E-state index in [1.165, 1.54) is 5.56 Å². The predicted molar refractivity (Wildman–Crippen MR) is 73.5 cm³/mol. The lowest BCUT2D eigenvalue weighted by Crippen LogP contribution is -2.21. The molecule has 2 rings (SSSR count). The summed E-state index contributed by atoms with van der Waals surface area (Å²) in [7, 11) is 1.94. The fourth-order valence-electron chi connectivity index (χ4n) is 1.96. The first kappa shape index (κ1) is 13.7. The Morgan fingerprint density at radius 2 is 2.16 bits per heavy atom. The molecule has 0 atom stereocenters. The zero-order valence-electron chi connectivity index (χ0n) is 11.9. The summed E-state index contributed by atoms with van der Waals surface area (Å²) in [6.45, 7) is 6.95. The maximum absolute atomic E-state index is 4.29. The van der Waals surface area contributed by atoms with E-state index in [9.17, 15) is 0 Å². The van der Waals surface area contributed by atoms with Crippen molar-refractivity contribution in [2.45, 2.75) is 33.4 Å². The molecular formula is C13H22N6. The molecule has 0 aliphatic heterocycles. The molecule has 2 aromatic heterocycles. The minimum Gasteiger partial charge on any atom is -0.310 e. The van der Waals surface area contributed by atoms with Crippen molar-refractivity contribution in [2.24, 2.45) is 13.0 Å². The van der Waals surface area contributed by atoms with Crippen LogP contribution in [-0.2, 0) is 26.6 Å². The molecule has 6 heteroatoms. The highest BCUT2D eigenvalue weighted by molar-refractivity contribution is 5.03. The van der Waals surface area contributed by atoms with Gasteiger partial charge in [0, 0.05) is 19.8 Å². The molecule has 0 unspecified atom stereocenters. The zero-order valence-corrected chi connectivity index (χ0v) is 11.9. The predicted octanol–water partition coefficient (Wildman–Crippen LogP) is 1.000. The van der Waals surface area contributed by atoms with Crippen LogP contribution >= 0.6 is 0 Å². The van der Waals surface area contributed by atoms with Gasteiger partial charge in [-0.15, -0.1) is 0 Å². The van der Waals surface area contributed by atoms with Gasteiger partial charge in [-0.25, -0.2) is 9.67 Å². The maximum atomic E-state index is 4.29. The zero-order chi connectivity index (χ0) is 13.7. The van der Waals surface area contributed by atoms with Crippen LogP contribution in [0.4, 0.5) is 0 Å². The monoisotopic (exact) mass is 262 g/mol. The van der Waals surface area contributed by atoms with Crippen LogP contribution in [0.1, 0.15) is 25.2 Å². The molecule has 0 aromatic carbocycles. The van der Waals surface area contributed by atoms with Gasteiger partial charge in [0.1, 0.15) is 12.2 Å². The van der Waals surface area contributed by atoms with Crippen molar-refractivity contribution in [1.82, 2.24) is 29.9 Å². The van der Waals surface area contributed by atoms with E-state index in [0.717, 1.165) is 31.9 Å². The van der Waals surface area contributed by atoms with E-state index >= 15 is 0 Å². The second-order valence-electron chi connectivity index (χ2n) is 5.20. The molecule has 6 nitrogen and oxygen atoms in total. The molecular weight excluding hydrogens is 240 g/mol. The van der Waals surface area contributed by atoms with Crippen LogP contribution in [0, 0.1) is 5.92 Å². The molecule has 19 heavy (non-hydrogen) atoms. The summed E-state index contributed by atoms with van der Waals surface area (Å²) in [5, 5.41) is 11.8. The Labute approximate surface area is 113 Å². The minimum absolute atomic E-state index is 0.579. The number of nitrogens with zero attached hydrogens (tertiary/aromatic N) is 5. The number of aromatic nitrogens is 5. The van der Waals surface area contributed by atoms with Crippen molar-refractivity contribution < 1.29 is 0 Å². The smallest absolute Gasteiger partial charge is 0.140 e. The first-order valence-corrected chi connectivity index (χ1v) is 6.70. The second kappa shape index (κ2) is 6.47. The lowest BCUT2D eigenvalue weighted by Gasteiger charge is -2.09. The SMILES string of the molecule is CC(C)Cn1ncnc1CNCCc1cnn(C)c1. The van der Waals surface area contributed by atoms with Gasteiger partial charge in [0.15, 0.2) is 0 Å². The first-order chi connectivity index (χ1) is 9.15. The highest BCUT2D eigenvalue weighted by Crippen LogP contribution is 2.01. The number of aryl methyl sites for hydroxylation is 1. The molecule has 1 N–H and O–H groups in total. The summed E-state index contributed by atoms with van der Waals surface area (Å²) < 4.78 is 3.80. The van der Waals surface area contributed by atoms with E-state index in [4.69, 9.17) is 0 Å². The van der Waals surface area contributed by atoms with Crippen molar-refractivity contribution in [2.75, 3.05) is 6.54 Å². The van der Waals surface area contributed by atoms with Crippen LogP contribution in [0.2, 0.25) is 0 Å². The largest absolute Gasteiger partial charge is 0.310 e. The van der Waals surface area contributed by atoms with Gasteiger partial charge < -0.3 is 5.32 Å². The maximum Gasteiger partial charge on any atom is 0.140 e. The Balaban J connectivity index is 1.75. The van der Waals surface area contributed by atoms with Gasteiger partial charge in [-0.1, -0.05) is 13.8 Å². The van der Waals surface area contributed by atoms with Crippen molar-refractivity contribution in [3.05, 3.63) is 30.1 Å². The van der Waals surface area contributed by atoms with Crippen molar-refractivity contribution in [3.63, 3.8) is 0 Å². The fourth-order valence-corrected chi connectivity index (χ4v) is 1.96. The Bertz CT molecular complexity index is 499. The van der Waals surface area contributed by atoms with Gasteiger partial charge in [-0.05, 0) is 24.4 Å². The molecule has 0 radical (unpaired) electrons. The minimum atomic E-state index is 0.579.